The standard InChI is InChI=1S/C15H20F3N3O4/c1-25-13-9-10(8-12(14(13)22)21(23)24)11(2-3-15(16,17)18)20-6-4-19-5-7-20/h8-9,11,19,22H,2-7H2,1H3/t11-/m1/s1. The fraction of sp³-hybridized carbons (Fsp3) is 0.600. The van der Waals surface area contributed by atoms with E-state index < -0.39 is 35.0 Å². The van der Waals surface area contributed by atoms with Crippen LogP contribution < -0.4 is 10.1 Å². The van der Waals surface area contributed by atoms with E-state index in [9.17, 15) is 28.4 Å². The predicted octanol–water partition coefficient (Wildman–Crippen LogP) is 2.60. The number of methoxy groups -OCH3 is 1. The Balaban J connectivity index is 2.41. The molecule has 1 atom stereocenters. The molecule has 140 valence electrons. The monoisotopic (exact) mass is 363 g/mol. The molecule has 1 heterocycles. The van der Waals surface area contributed by atoms with E-state index in [1.54, 1.807) is 0 Å². The third-order valence-electron chi connectivity index (χ3n) is 4.17. The van der Waals surface area contributed by atoms with Gasteiger partial charge in [-0.25, -0.2) is 0 Å². The fourth-order valence-electron chi connectivity index (χ4n) is 2.96. The van der Waals surface area contributed by atoms with Crippen LogP contribution in [-0.4, -0.2) is 54.4 Å². The van der Waals surface area contributed by atoms with Crippen LogP contribution in [0, 0.1) is 10.1 Å². The van der Waals surface area contributed by atoms with E-state index in [0.717, 1.165) is 6.07 Å². The van der Waals surface area contributed by atoms with Crippen molar-refractivity contribution in [2.24, 2.45) is 0 Å². The van der Waals surface area contributed by atoms with Crippen LogP contribution in [0.25, 0.3) is 0 Å². The van der Waals surface area contributed by atoms with E-state index in [2.05, 4.69) is 5.32 Å². The zero-order valence-electron chi connectivity index (χ0n) is 13.7. The molecule has 0 spiro atoms. The third-order valence-corrected chi connectivity index (χ3v) is 4.17. The number of alkyl halides is 3. The Morgan fingerprint density at radius 2 is 2.04 bits per heavy atom. The number of aromatic hydroxyl groups is 1. The zero-order valence-corrected chi connectivity index (χ0v) is 13.7. The molecule has 0 bridgehead atoms. The number of hydrogen-bond acceptors (Lipinski definition) is 6. The van der Waals surface area contributed by atoms with Gasteiger partial charge in [0.1, 0.15) is 0 Å². The smallest absolute Gasteiger partial charge is 0.389 e. The zero-order chi connectivity index (χ0) is 18.6. The van der Waals surface area contributed by atoms with Gasteiger partial charge in [0.2, 0.25) is 5.75 Å². The van der Waals surface area contributed by atoms with E-state index in [4.69, 9.17) is 4.74 Å². The van der Waals surface area contributed by atoms with E-state index in [1.807, 2.05) is 4.90 Å². The largest absolute Gasteiger partial charge is 0.500 e. The molecule has 0 amide bonds. The highest BCUT2D eigenvalue weighted by atomic mass is 19.4. The van der Waals surface area contributed by atoms with Crippen LogP contribution in [0.2, 0.25) is 0 Å². The minimum Gasteiger partial charge on any atom is -0.500 e. The summed E-state index contributed by atoms with van der Waals surface area (Å²) in [6, 6.07) is 1.84. The van der Waals surface area contributed by atoms with Crippen molar-refractivity contribution in [3.8, 4) is 11.5 Å². The Labute approximate surface area is 142 Å². The molecule has 1 aromatic carbocycles. The molecule has 2 N–H and O–H groups in total. The van der Waals surface area contributed by atoms with Crippen molar-refractivity contribution in [2.75, 3.05) is 33.3 Å². The molecule has 1 aliphatic heterocycles. The van der Waals surface area contributed by atoms with Crippen LogP contribution >= 0.6 is 0 Å². The summed E-state index contributed by atoms with van der Waals surface area (Å²) in [5.41, 5.74) is -0.256. The molecule has 0 saturated carbocycles. The summed E-state index contributed by atoms with van der Waals surface area (Å²) in [6.45, 7) is 2.30. The lowest BCUT2D eigenvalue weighted by Gasteiger charge is -2.35. The molecule has 7 nitrogen and oxygen atoms in total. The van der Waals surface area contributed by atoms with Crippen LogP contribution in [0.3, 0.4) is 0 Å². The number of nitro benzene ring substituents is 1. The third kappa shape index (κ3) is 4.95. The Bertz CT molecular complexity index is 619. The summed E-state index contributed by atoms with van der Waals surface area (Å²) in [4.78, 5) is 12.2. The first-order chi connectivity index (χ1) is 11.7. The molecule has 10 heteroatoms. The number of nitro groups is 1. The summed E-state index contributed by atoms with van der Waals surface area (Å²) in [6.07, 6.45) is -5.55. The SMILES string of the molecule is COc1cc([C@@H](CCC(F)(F)F)N2CCNCC2)cc([N+](=O)[O-])c1O. The van der Waals surface area contributed by atoms with Gasteiger partial charge in [-0.05, 0) is 18.1 Å². The van der Waals surface area contributed by atoms with Crippen LogP contribution in [0.5, 0.6) is 11.5 Å². The second kappa shape index (κ2) is 7.87. The number of nitrogens with one attached hydrogen (secondary N) is 1. The topological polar surface area (TPSA) is 87.9 Å². The number of halogens is 3. The van der Waals surface area contributed by atoms with Gasteiger partial charge in [0.25, 0.3) is 0 Å². The number of rotatable bonds is 6. The van der Waals surface area contributed by atoms with Crippen LogP contribution in [0.4, 0.5) is 18.9 Å². The number of benzene rings is 1. The normalized spacial score (nSPS) is 17.3. The summed E-state index contributed by atoms with van der Waals surface area (Å²) in [7, 11) is 1.23. The second-order valence-electron chi connectivity index (χ2n) is 5.80. The van der Waals surface area contributed by atoms with Crippen LogP contribution in [0.15, 0.2) is 12.1 Å². The molecular formula is C15H20F3N3O4. The number of phenolic OH excluding ortho intramolecular Hbond substituents is 1. The molecule has 1 aromatic rings. The lowest BCUT2D eigenvalue weighted by Crippen LogP contribution is -2.45. The van der Waals surface area contributed by atoms with Crippen LogP contribution in [-0.2, 0) is 0 Å². The molecule has 1 aliphatic rings. The summed E-state index contributed by atoms with van der Waals surface area (Å²) in [5, 5.41) is 24.1. The first-order valence-corrected chi connectivity index (χ1v) is 7.79. The van der Waals surface area contributed by atoms with Crippen LogP contribution in [0.1, 0.15) is 24.4 Å². The summed E-state index contributed by atoms with van der Waals surface area (Å²) >= 11 is 0. The van der Waals surface area contributed by atoms with Gasteiger partial charge in [0, 0.05) is 44.7 Å². The summed E-state index contributed by atoms with van der Waals surface area (Å²) in [5.74, 6) is -0.762. The van der Waals surface area contributed by atoms with E-state index in [1.165, 1.54) is 13.2 Å². The van der Waals surface area contributed by atoms with Gasteiger partial charge >= 0.3 is 11.9 Å². The van der Waals surface area contributed by atoms with Crippen molar-refractivity contribution in [2.45, 2.75) is 25.1 Å². The average molecular weight is 363 g/mol. The minimum absolute atomic E-state index is 0.128. The van der Waals surface area contributed by atoms with Gasteiger partial charge in [0.05, 0.1) is 12.0 Å². The molecule has 25 heavy (non-hydrogen) atoms. The number of phenols is 1. The Hall–Kier alpha value is -2.07. The lowest BCUT2D eigenvalue weighted by atomic mass is 9.98. The van der Waals surface area contributed by atoms with E-state index in [0.29, 0.717) is 31.7 Å². The maximum absolute atomic E-state index is 12.7. The van der Waals surface area contributed by atoms with Gasteiger partial charge in [-0.2, -0.15) is 13.2 Å². The Kier molecular flexibility index (Phi) is 6.07. The number of ether oxygens (including phenoxy) is 1. The van der Waals surface area contributed by atoms with Crippen molar-refractivity contribution in [3.05, 3.63) is 27.8 Å². The molecule has 2 rings (SSSR count). The maximum Gasteiger partial charge on any atom is 0.389 e. The molecular weight excluding hydrogens is 343 g/mol. The minimum atomic E-state index is -4.32. The highest BCUT2D eigenvalue weighted by molar-refractivity contribution is 5.57. The van der Waals surface area contributed by atoms with Gasteiger partial charge in [-0.3, -0.25) is 15.0 Å². The molecule has 1 saturated heterocycles. The van der Waals surface area contributed by atoms with Crippen molar-refractivity contribution in [3.63, 3.8) is 0 Å². The molecule has 1 fully saturated rings. The quantitative estimate of drug-likeness (QED) is 0.597. The van der Waals surface area contributed by atoms with Crippen molar-refractivity contribution in [1.29, 1.82) is 0 Å². The molecule has 0 unspecified atom stereocenters. The number of nitrogens with zero attached hydrogens (tertiary/aromatic N) is 2. The van der Waals surface area contributed by atoms with Crippen molar-refractivity contribution < 1.29 is 27.9 Å². The van der Waals surface area contributed by atoms with E-state index >= 15 is 0 Å². The number of hydrogen-bond donors (Lipinski definition) is 2. The van der Waals surface area contributed by atoms with Crippen molar-refractivity contribution >= 4 is 5.69 Å². The molecule has 0 aromatic heterocycles. The fourth-order valence-corrected chi connectivity index (χ4v) is 2.96. The van der Waals surface area contributed by atoms with Gasteiger partial charge in [-0.1, -0.05) is 0 Å². The van der Waals surface area contributed by atoms with Crippen molar-refractivity contribution in [1.82, 2.24) is 10.2 Å². The predicted molar refractivity (Wildman–Crippen MR) is 83.8 cm³/mol. The summed E-state index contributed by atoms with van der Waals surface area (Å²) < 4.78 is 43.1. The Morgan fingerprint density at radius 3 is 2.56 bits per heavy atom. The van der Waals surface area contributed by atoms with E-state index in [-0.39, 0.29) is 12.2 Å². The lowest BCUT2D eigenvalue weighted by molar-refractivity contribution is -0.386. The second-order valence-corrected chi connectivity index (χ2v) is 5.80. The number of piperazine rings is 1. The molecule has 0 radical (unpaired) electrons. The first-order valence-electron chi connectivity index (χ1n) is 7.79. The van der Waals surface area contributed by atoms with Gasteiger partial charge in [-0.15, -0.1) is 0 Å². The molecule has 0 aliphatic carbocycles. The Morgan fingerprint density at radius 1 is 1.40 bits per heavy atom. The first kappa shape index (κ1) is 19.3. The van der Waals surface area contributed by atoms with Gasteiger partial charge < -0.3 is 15.2 Å². The van der Waals surface area contributed by atoms with Gasteiger partial charge in [0.15, 0.2) is 5.75 Å². The maximum atomic E-state index is 12.7. The highest BCUT2D eigenvalue weighted by Gasteiger charge is 2.33. The average Bonchev–Trinajstić information content (AvgIpc) is 2.55. The highest BCUT2D eigenvalue weighted by Crippen LogP contribution is 2.41.